The number of ether oxygens (including phenoxy) is 1. The molecule has 2 heterocycles. The smallest absolute Gasteiger partial charge is 0.339 e. The van der Waals surface area contributed by atoms with Crippen molar-refractivity contribution in [2.24, 2.45) is 5.92 Å². The molecule has 1 aromatic heterocycles. The summed E-state index contributed by atoms with van der Waals surface area (Å²) in [6, 6.07) is 3.78. The molecule has 0 bridgehead atoms. The number of hydrogen-bond donors (Lipinski definition) is 1. The molecule has 1 saturated heterocycles. The van der Waals surface area contributed by atoms with Gasteiger partial charge in [-0.1, -0.05) is 12.8 Å². The van der Waals surface area contributed by atoms with Crippen molar-refractivity contribution in [1.82, 2.24) is 4.90 Å². The lowest BCUT2D eigenvalue weighted by molar-refractivity contribution is -0.143. The molecule has 1 N–H and O–H groups in total. The van der Waals surface area contributed by atoms with Gasteiger partial charge in [0.2, 0.25) is 5.91 Å². The quantitative estimate of drug-likeness (QED) is 0.776. The third-order valence-corrected chi connectivity index (χ3v) is 7.24. The van der Waals surface area contributed by atoms with E-state index in [4.69, 9.17) is 9.15 Å². The fraction of sp³-hybridized carbons (Fsp3) is 0.583. The number of fused-ring (bicyclic) bond motifs is 2. The van der Waals surface area contributed by atoms with Gasteiger partial charge in [0.25, 0.3) is 0 Å². The largest absolute Gasteiger partial charge is 0.496 e. The normalized spacial score (nSPS) is 24.0. The zero-order chi connectivity index (χ0) is 21.5. The molecule has 0 spiro atoms. The fourth-order valence-corrected chi connectivity index (χ4v) is 5.27. The van der Waals surface area contributed by atoms with Gasteiger partial charge < -0.3 is 19.2 Å². The number of carbonyl (C=O) groups excluding carboxylic acids is 1. The maximum atomic E-state index is 12.9. The van der Waals surface area contributed by atoms with E-state index in [9.17, 15) is 14.7 Å². The molecule has 2 aliphatic rings. The van der Waals surface area contributed by atoms with Crippen molar-refractivity contribution in [2.45, 2.75) is 64.4 Å². The average Bonchev–Trinajstić information content (AvgIpc) is 2.73. The predicted octanol–water partition coefficient (Wildman–Crippen LogP) is 3.50. The minimum atomic E-state index is -0.593. The number of piperidine rings is 1. The lowest BCUT2D eigenvalue weighted by Gasteiger charge is -2.47. The second kappa shape index (κ2) is 8.06. The van der Waals surface area contributed by atoms with Crippen LogP contribution < -0.4 is 10.4 Å². The molecule has 4 rings (SSSR count). The Morgan fingerprint density at radius 2 is 2.07 bits per heavy atom. The number of aryl methyl sites for hydroxylation is 2. The van der Waals surface area contributed by atoms with Crippen LogP contribution in [0.25, 0.3) is 11.0 Å². The summed E-state index contributed by atoms with van der Waals surface area (Å²) < 4.78 is 10.9. The van der Waals surface area contributed by atoms with Crippen LogP contribution in [-0.2, 0) is 11.2 Å². The van der Waals surface area contributed by atoms with E-state index in [-0.39, 0.29) is 23.9 Å². The van der Waals surface area contributed by atoms with Gasteiger partial charge in [-0.3, -0.25) is 4.79 Å². The van der Waals surface area contributed by atoms with Crippen LogP contribution in [0, 0.1) is 19.8 Å². The summed E-state index contributed by atoms with van der Waals surface area (Å²) in [4.78, 5) is 27.4. The van der Waals surface area contributed by atoms with Crippen LogP contribution in [0.3, 0.4) is 0 Å². The van der Waals surface area contributed by atoms with Crippen molar-refractivity contribution < 1.29 is 19.1 Å². The number of benzene rings is 1. The summed E-state index contributed by atoms with van der Waals surface area (Å²) in [5.74, 6) is 0.905. The molecule has 2 unspecified atom stereocenters. The zero-order valence-corrected chi connectivity index (χ0v) is 18.1. The van der Waals surface area contributed by atoms with Crippen LogP contribution in [-0.4, -0.2) is 41.7 Å². The SMILES string of the molecule is COc1ccc2c(C)c(CCC(=O)N3CCC4(O)CCCCC4C3)c(=O)oc2c1C. The molecule has 1 aromatic carbocycles. The molecular formula is C24H31NO5. The van der Waals surface area contributed by atoms with Crippen LogP contribution >= 0.6 is 0 Å². The third-order valence-electron chi connectivity index (χ3n) is 7.24. The summed E-state index contributed by atoms with van der Waals surface area (Å²) in [6.07, 6.45) is 5.32. The Labute approximate surface area is 176 Å². The molecule has 1 amide bonds. The fourth-order valence-electron chi connectivity index (χ4n) is 5.27. The van der Waals surface area contributed by atoms with Crippen molar-refractivity contribution >= 4 is 16.9 Å². The molecule has 2 atom stereocenters. The summed E-state index contributed by atoms with van der Waals surface area (Å²) >= 11 is 0. The lowest BCUT2D eigenvalue weighted by atomic mass is 9.71. The second-order valence-electron chi connectivity index (χ2n) is 8.90. The Hall–Kier alpha value is -2.34. The van der Waals surface area contributed by atoms with Gasteiger partial charge in [-0.2, -0.15) is 0 Å². The zero-order valence-electron chi connectivity index (χ0n) is 18.1. The van der Waals surface area contributed by atoms with Crippen molar-refractivity contribution in [1.29, 1.82) is 0 Å². The molecule has 6 heteroatoms. The maximum Gasteiger partial charge on any atom is 0.339 e. The molecule has 30 heavy (non-hydrogen) atoms. The van der Waals surface area contributed by atoms with Crippen molar-refractivity contribution in [3.63, 3.8) is 0 Å². The summed E-state index contributed by atoms with van der Waals surface area (Å²) in [5.41, 5.74) is 1.78. The van der Waals surface area contributed by atoms with Crippen LogP contribution in [0.1, 0.15) is 55.2 Å². The van der Waals surface area contributed by atoms with Gasteiger partial charge in [0, 0.05) is 41.9 Å². The first-order valence-corrected chi connectivity index (χ1v) is 10.9. The van der Waals surface area contributed by atoms with Crippen LogP contribution in [0.2, 0.25) is 0 Å². The molecule has 2 fully saturated rings. The lowest BCUT2D eigenvalue weighted by Crippen LogP contribution is -2.54. The summed E-state index contributed by atoms with van der Waals surface area (Å²) in [5, 5.41) is 11.7. The van der Waals surface area contributed by atoms with Crippen LogP contribution in [0.15, 0.2) is 21.3 Å². The van der Waals surface area contributed by atoms with Crippen molar-refractivity contribution in [3.05, 3.63) is 39.2 Å². The first kappa shape index (κ1) is 20.9. The minimum Gasteiger partial charge on any atom is -0.496 e. The molecule has 1 saturated carbocycles. The van der Waals surface area contributed by atoms with Gasteiger partial charge in [0.1, 0.15) is 11.3 Å². The third kappa shape index (κ3) is 3.62. The first-order chi connectivity index (χ1) is 14.3. The van der Waals surface area contributed by atoms with E-state index in [2.05, 4.69) is 0 Å². The van der Waals surface area contributed by atoms with Crippen molar-refractivity contribution in [3.8, 4) is 5.75 Å². The number of nitrogens with zero attached hydrogens (tertiary/aromatic N) is 1. The number of hydrogen-bond acceptors (Lipinski definition) is 5. The average molecular weight is 414 g/mol. The van der Waals surface area contributed by atoms with Crippen LogP contribution in [0.4, 0.5) is 0 Å². The summed E-state index contributed by atoms with van der Waals surface area (Å²) in [6.45, 7) is 5.00. The molecule has 162 valence electrons. The van der Waals surface area contributed by atoms with E-state index < -0.39 is 5.60 Å². The first-order valence-electron chi connectivity index (χ1n) is 10.9. The molecule has 1 aliphatic carbocycles. The Morgan fingerprint density at radius 3 is 2.83 bits per heavy atom. The van der Waals surface area contributed by atoms with Gasteiger partial charge in [-0.25, -0.2) is 4.79 Å². The van der Waals surface area contributed by atoms with E-state index in [0.29, 0.717) is 42.8 Å². The van der Waals surface area contributed by atoms with Gasteiger partial charge in [0.15, 0.2) is 0 Å². The molecule has 0 radical (unpaired) electrons. The van der Waals surface area contributed by atoms with E-state index >= 15 is 0 Å². The number of amides is 1. The molecule has 1 aliphatic heterocycles. The van der Waals surface area contributed by atoms with Gasteiger partial charge in [-0.15, -0.1) is 0 Å². The number of methoxy groups -OCH3 is 1. The van der Waals surface area contributed by atoms with Gasteiger partial charge >= 0.3 is 5.63 Å². The Bertz CT molecular complexity index is 1030. The van der Waals surface area contributed by atoms with Crippen LogP contribution in [0.5, 0.6) is 5.75 Å². The minimum absolute atomic E-state index is 0.0485. The molecular weight excluding hydrogens is 382 g/mol. The maximum absolute atomic E-state index is 12.9. The molecule has 2 aromatic rings. The molecule has 6 nitrogen and oxygen atoms in total. The number of carbonyl (C=O) groups is 1. The monoisotopic (exact) mass is 413 g/mol. The standard InChI is InChI=1S/C24H31NO5/c1-15-18-7-9-20(29-3)16(2)22(18)30-23(27)19(15)8-10-21(26)25-13-12-24(28)11-5-4-6-17(24)14-25/h7,9,17,28H,4-6,8,10-14H2,1-3H3. The van der Waals surface area contributed by atoms with E-state index in [1.807, 2.05) is 30.9 Å². The van der Waals surface area contributed by atoms with Gasteiger partial charge in [-0.05, 0) is 57.2 Å². The van der Waals surface area contributed by atoms with Gasteiger partial charge in [0.05, 0.1) is 12.7 Å². The Kier molecular flexibility index (Phi) is 5.62. The number of likely N-dealkylation sites (tertiary alicyclic amines) is 1. The topological polar surface area (TPSA) is 80.0 Å². The highest BCUT2D eigenvalue weighted by Gasteiger charge is 2.43. The van der Waals surface area contributed by atoms with E-state index in [1.54, 1.807) is 7.11 Å². The Morgan fingerprint density at radius 1 is 1.27 bits per heavy atom. The summed E-state index contributed by atoms with van der Waals surface area (Å²) in [7, 11) is 1.59. The van der Waals surface area contributed by atoms with Crippen molar-refractivity contribution in [2.75, 3.05) is 20.2 Å². The predicted molar refractivity (Wildman–Crippen MR) is 115 cm³/mol. The van der Waals surface area contributed by atoms with E-state index in [1.165, 1.54) is 0 Å². The highest BCUT2D eigenvalue weighted by atomic mass is 16.5. The number of rotatable bonds is 4. The highest BCUT2D eigenvalue weighted by molar-refractivity contribution is 5.86. The number of aliphatic hydroxyl groups is 1. The second-order valence-corrected chi connectivity index (χ2v) is 8.90. The highest BCUT2D eigenvalue weighted by Crippen LogP contribution is 2.40. The van der Waals surface area contributed by atoms with E-state index in [0.717, 1.165) is 42.2 Å². The Balaban J connectivity index is 1.50.